The normalized spacial score (nSPS) is 14.4. The first kappa shape index (κ1) is 12.2. The van der Waals surface area contributed by atoms with Gasteiger partial charge in [0.25, 0.3) is 0 Å². The third-order valence-electron chi connectivity index (χ3n) is 3.01. The number of hydrogen-bond donors (Lipinski definition) is 2. The number of pyridine rings is 1. The molecule has 0 bridgehead atoms. The Morgan fingerprint density at radius 1 is 1.32 bits per heavy atom. The molecule has 0 amide bonds. The SMILES string of the molecule is CSc1ncc(C2CC2)c(Nc2cccc(N)n2)n1. The summed E-state index contributed by atoms with van der Waals surface area (Å²) in [6, 6.07) is 5.52. The van der Waals surface area contributed by atoms with Gasteiger partial charge in [-0.2, -0.15) is 0 Å². The van der Waals surface area contributed by atoms with Crippen LogP contribution >= 0.6 is 11.8 Å². The minimum Gasteiger partial charge on any atom is -0.384 e. The lowest BCUT2D eigenvalue weighted by Gasteiger charge is -2.10. The van der Waals surface area contributed by atoms with E-state index in [2.05, 4.69) is 20.3 Å². The summed E-state index contributed by atoms with van der Waals surface area (Å²) in [4.78, 5) is 13.1. The van der Waals surface area contributed by atoms with E-state index in [-0.39, 0.29) is 0 Å². The Labute approximate surface area is 116 Å². The molecule has 0 unspecified atom stereocenters. The molecule has 0 spiro atoms. The van der Waals surface area contributed by atoms with Crippen molar-refractivity contribution in [2.45, 2.75) is 23.9 Å². The van der Waals surface area contributed by atoms with Crippen LogP contribution in [-0.4, -0.2) is 21.2 Å². The summed E-state index contributed by atoms with van der Waals surface area (Å²) in [6.45, 7) is 0. The molecule has 3 N–H and O–H groups in total. The molecular weight excluding hydrogens is 258 g/mol. The summed E-state index contributed by atoms with van der Waals surface area (Å²) in [7, 11) is 0. The van der Waals surface area contributed by atoms with E-state index in [1.54, 1.807) is 6.07 Å². The van der Waals surface area contributed by atoms with Crippen molar-refractivity contribution >= 4 is 29.2 Å². The van der Waals surface area contributed by atoms with Gasteiger partial charge >= 0.3 is 0 Å². The van der Waals surface area contributed by atoms with Crippen LogP contribution in [0.1, 0.15) is 24.3 Å². The fourth-order valence-corrected chi connectivity index (χ4v) is 2.25. The van der Waals surface area contributed by atoms with Crippen LogP contribution in [-0.2, 0) is 0 Å². The van der Waals surface area contributed by atoms with Crippen molar-refractivity contribution in [1.29, 1.82) is 0 Å². The Kier molecular flexibility index (Phi) is 3.25. The number of aromatic nitrogens is 3. The second kappa shape index (κ2) is 5.05. The first-order valence-electron chi connectivity index (χ1n) is 6.17. The highest BCUT2D eigenvalue weighted by atomic mass is 32.2. The predicted molar refractivity (Wildman–Crippen MR) is 77.7 cm³/mol. The number of nitrogens with one attached hydrogen (secondary N) is 1. The minimum absolute atomic E-state index is 0.497. The fraction of sp³-hybridized carbons (Fsp3) is 0.308. The number of anilines is 3. The van der Waals surface area contributed by atoms with Gasteiger partial charge in [0.05, 0.1) is 0 Å². The van der Waals surface area contributed by atoms with Crippen molar-refractivity contribution in [3.8, 4) is 0 Å². The number of nitrogens with two attached hydrogens (primary N) is 1. The molecule has 0 radical (unpaired) electrons. The van der Waals surface area contributed by atoms with E-state index in [0.29, 0.717) is 17.6 Å². The van der Waals surface area contributed by atoms with Gasteiger partial charge in [-0.05, 0) is 37.1 Å². The lowest BCUT2D eigenvalue weighted by atomic mass is 10.2. The second-order valence-electron chi connectivity index (χ2n) is 4.51. The van der Waals surface area contributed by atoms with Gasteiger partial charge in [-0.25, -0.2) is 15.0 Å². The van der Waals surface area contributed by atoms with Crippen molar-refractivity contribution in [2.24, 2.45) is 0 Å². The van der Waals surface area contributed by atoms with E-state index in [0.717, 1.165) is 11.0 Å². The number of thioether (sulfide) groups is 1. The highest BCUT2D eigenvalue weighted by Crippen LogP contribution is 2.43. The molecule has 6 heteroatoms. The summed E-state index contributed by atoms with van der Waals surface area (Å²) in [6.07, 6.45) is 6.31. The molecule has 0 aromatic carbocycles. The van der Waals surface area contributed by atoms with Crippen LogP contribution in [0.2, 0.25) is 0 Å². The van der Waals surface area contributed by atoms with Gasteiger partial charge < -0.3 is 11.1 Å². The monoisotopic (exact) mass is 273 g/mol. The third-order valence-corrected chi connectivity index (χ3v) is 3.57. The summed E-state index contributed by atoms with van der Waals surface area (Å²) in [5, 5.41) is 4.01. The van der Waals surface area contributed by atoms with Gasteiger partial charge in [0.1, 0.15) is 17.5 Å². The lowest BCUT2D eigenvalue weighted by molar-refractivity contribution is 0.929. The smallest absolute Gasteiger partial charge is 0.189 e. The molecular formula is C13H15N5S. The molecule has 1 aliphatic rings. The Hall–Kier alpha value is -1.82. The van der Waals surface area contributed by atoms with E-state index in [9.17, 15) is 0 Å². The van der Waals surface area contributed by atoms with Crippen molar-refractivity contribution in [2.75, 3.05) is 17.3 Å². The summed E-state index contributed by atoms with van der Waals surface area (Å²) in [5.41, 5.74) is 6.86. The van der Waals surface area contributed by atoms with E-state index in [1.165, 1.54) is 30.2 Å². The van der Waals surface area contributed by atoms with E-state index in [4.69, 9.17) is 5.73 Å². The molecule has 5 nitrogen and oxygen atoms in total. The van der Waals surface area contributed by atoms with Crippen LogP contribution in [0.25, 0.3) is 0 Å². The van der Waals surface area contributed by atoms with Crippen LogP contribution < -0.4 is 11.1 Å². The summed E-state index contributed by atoms with van der Waals surface area (Å²) >= 11 is 1.53. The molecule has 2 aromatic rings. The molecule has 1 fully saturated rings. The van der Waals surface area contributed by atoms with Crippen molar-refractivity contribution < 1.29 is 0 Å². The standard InChI is InChI=1S/C13H15N5S/c1-19-13-15-7-9(8-5-6-8)12(18-13)17-11-4-2-3-10(14)16-11/h2-4,7-8H,5-6H2,1H3,(H3,14,15,16,17,18). The minimum atomic E-state index is 0.497. The Bertz CT molecular complexity index is 597. The van der Waals surface area contributed by atoms with E-state index >= 15 is 0 Å². The largest absolute Gasteiger partial charge is 0.384 e. The van der Waals surface area contributed by atoms with Crippen LogP contribution in [0.3, 0.4) is 0 Å². The predicted octanol–water partition coefficient (Wildman–Crippen LogP) is 2.80. The van der Waals surface area contributed by atoms with Gasteiger partial charge in [0, 0.05) is 11.8 Å². The lowest BCUT2D eigenvalue weighted by Crippen LogP contribution is -2.03. The van der Waals surface area contributed by atoms with Gasteiger partial charge in [-0.1, -0.05) is 17.8 Å². The average Bonchev–Trinajstić information content (AvgIpc) is 3.23. The van der Waals surface area contributed by atoms with Crippen molar-refractivity contribution in [3.05, 3.63) is 30.0 Å². The Morgan fingerprint density at radius 3 is 2.84 bits per heavy atom. The Morgan fingerprint density at radius 2 is 2.16 bits per heavy atom. The number of hydrogen-bond acceptors (Lipinski definition) is 6. The summed E-state index contributed by atoms with van der Waals surface area (Å²) in [5.74, 6) is 2.64. The number of rotatable bonds is 4. The van der Waals surface area contributed by atoms with Crippen molar-refractivity contribution in [1.82, 2.24) is 15.0 Å². The Balaban J connectivity index is 1.93. The first-order chi connectivity index (χ1) is 9.26. The highest BCUT2D eigenvalue weighted by molar-refractivity contribution is 7.98. The van der Waals surface area contributed by atoms with Gasteiger partial charge in [0.2, 0.25) is 0 Å². The maximum atomic E-state index is 5.69. The molecule has 1 saturated carbocycles. The maximum Gasteiger partial charge on any atom is 0.189 e. The zero-order valence-electron chi connectivity index (χ0n) is 10.6. The molecule has 0 aliphatic heterocycles. The number of nitrogen functional groups attached to an aromatic ring is 1. The highest BCUT2D eigenvalue weighted by Gasteiger charge is 2.27. The molecule has 1 aliphatic carbocycles. The quantitative estimate of drug-likeness (QED) is 0.659. The molecule has 98 valence electrons. The first-order valence-corrected chi connectivity index (χ1v) is 7.39. The molecule has 0 saturated heterocycles. The summed E-state index contributed by atoms with van der Waals surface area (Å²) < 4.78 is 0. The topological polar surface area (TPSA) is 76.7 Å². The molecule has 2 aromatic heterocycles. The van der Waals surface area contributed by atoms with Gasteiger partial charge in [-0.3, -0.25) is 0 Å². The van der Waals surface area contributed by atoms with E-state index < -0.39 is 0 Å². The second-order valence-corrected chi connectivity index (χ2v) is 5.28. The van der Waals surface area contributed by atoms with E-state index in [1.807, 2.05) is 24.6 Å². The van der Waals surface area contributed by atoms with Crippen molar-refractivity contribution in [3.63, 3.8) is 0 Å². The van der Waals surface area contributed by atoms with Crippen LogP contribution in [0, 0.1) is 0 Å². The zero-order valence-corrected chi connectivity index (χ0v) is 11.4. The third kappa shape index (κ3) is 2.78. The molecule has 0 atom stereocenters. The average molecular weight is 273 g/mol. The van der Waals surface area contributed by atoms with Crippen LogP contribution in [0.4, 0.5) is 17.5 Å². The maximum absolute atomic E-state index is 5.69. The van der Waals surface area contributed by atoms with Gasteiger partial charge in [-0.15, -0.1) is 0 Å². The van der Waals surface area contributed by atoms with Crippen LogP contribution in [0.15, 0.2) is 29.6 Å². The van der Waals surface area contributed by atoms with Gasteiger partial charge in [0.15, 0.2) is 5.16 Å². The molecule has 3 rings (SSSR count). The zero-order chi connectivity index (χ0) is 13.2. The van der Waals surface area contributed by atoms with Crippen LogP contribution in [0.5, 0.6) is 0 Å². The number of nitrogens with zero attached hydrogens (tertiary/aromatic N) is 3. The molecule has 2 heterocycles. The molecule has 19 heavy (non-hydrogen) atoms. The fourth-order valence-electron chi connectivity index (χ4n) is 1.91.